The van der Waals surface area contributed by atoms with Gasteiger partial charge in [-0.2, -0.15) is 0 Å². The van der Waals surface area contributed by atoms with Gasteiger partial charge in [-0.3, -0.25) is 0 Å². The molecular weight excluding hydrogens is 328 g/mol. The van der Waals surface area contributed by atoms with Crippen LogP contribution in [0.25, 0.3) is 0 Å². The third kappa shape index (κ3) is 3.89. The van der Waals surface area contributed by atoms with Gasteiger partial charge in [0.15, 0.2) is 0 Å². The Kier molecular flexibility index (Phi) is 5.21. The van der Waals surface area contributed by atoms with Crippen LogP contribution in [0.1, 0.15) is 25.8 Å². The van der Waals surface area contributed by atoms with Crippen LogP contribution in [0.2, 0.25) is 0 Å². The first-order valence-corrected chi connectivity index (χ1v) is 9.20. The second-order valence-corrected chi connectivity index (χ2v) is 8.28. The number of methoxy groups -OCH3 is 1. The van der Waals surface area contributed by atoms with Crippen LogP contribution >= 0.6 is 0 Å². The monoisotopic (exact) mass is 350 g/mol. The van der Waals surface area contributed by atoms with E-state index in [9.17, 15) is 13.2 Å². The zero-order valence-electron chi connectivity index (χ0n) is 14.3. The van der Waals surface area contributed by atoms with Gasteiger partial charge in [0.2, 0.25) is 9.84 Å². The van der Waals surface area contributed by atoms with Gasteiger partial charge in [-0.25, -0.2) is 13.2 Å². The highest BCUT2D eigenvalue weighted by molar-refractivity contribution is 7.94. The summed E-state index contributed by atoms with van der Waals surface area (Å²) in [4.78, 5) is 11.3. The van der Waals surface area contributed by atoms with E-state index in [1.54, 1.807) is 24.3 Å². The van der Waals surface area contributed by atoms with Crippen molar-refractivity contribution in [2.24, 2.45) is 11.3 Å². The summed E-state index contributed by atoms with van der Waals surface area (Å²) in [5.74, 6) is 0.120. The lowest BCUT2D eigenvalue weighted by molar-refractivity contribution is 0.0239. The van der Waals surface area contributed by atoms with Crippen molar-refractivity contribution in [3.8, 4) is 0 Å². The van der Waals surface area contributed by atoms with Crippen molar-refractivity contribution in [3.05, 3.63) is 46.5 Å². The molecule has 0 bridgehead atoms. The van der Waals surface area contributed by atoms with E-state index >= 15 is 0 Å². The number of aryl methyl sites for hydroxylation is 1. The van der Waals surface area contributed by atoms with Crippen molar-refractivity contribution >= 4 is 16.0 Å². The molecule has 1 unspecified atom stereocenters. The van der Waals surface area contributed by atoms with Crippen LogP contribution in [0, 0.1) is 18.3 Å². The van der Waals surface area contributed by atoms with Crippen molar-refractivity contribution in [1.29, 1.82) is 0 Å². The average molecular weight is 350 g/mol. The van der Waals surface area contributed by atoms with Gasteiger partial charge in [0.1, 0.15) is 0 Å². The van der Waals surface area contributed by atoms with Crippen LogP contribution in [0.4, 0.5) is 4.79 Å². The van der Waals surface area contributed by atoms with Crippen LogP contribution in [0.3, 0.4) is 0 Å². The molecule has 0 amide bonds. The first kappa shape index (κ1) is 18.3. The second kappa shape index (κ2) is 6.83. The number of ether oxygens (including phenoxy) is 2. The topological polar surface area (TPSA) is 69.7 Å². The Hall–Kier alpha value is -2.04. The van der Waals surface area contributed by atoms with Crippen LogP contribution in [0.5, 0.6) is 0 Å². The van der Waals surface area contributed by atoms with Crippen molar-refractivity contribution in [3.63, 3.8) is 0 Å². The van der Waals surface area contributed by atoms with E-state index in [2.05, 4.69) is 10.5 Å². The molecule has 1 aliphatic carbocycles. The predicted octanol–water partition coefficient (Wildman–Crippen LogP) is 3.64. The van der Waals surface area contributed by atoms with Crippen molar-refractivity contribution in [2.45, 2.75) is 32.1 Å². The lowest BCUT2D eigenvalue weighted by Gasteiger charge is -2.45. The molecule has 1 saturated carbocycles. The first-order chi connectivity index (χ1) is 11.2. The molecule has 1 fully saturated rings. The van der Waals surface area contributed by atoms with Crippen molar-refractivity contribution in [1.82, 2.24) is 0 Å². The van der Waals surface area contributed by atoms with Crippen LogP contribution < -0.4 is 0 Å². The lowest BCUT2D eigenvalue weighted by atomic mass is 9.59. The quantitative estimate of drug-likeness (QED) is 0.612. The Morgan fingerprint density at radius 1 is 1.33 bits per heavy atom. The third-order valence-corrected chi connectivity index (χ3v) is 5.91. The number of hydrogen-bond donors (Lipinski definition) is 0. The van der Waals surface area contributed by atoms with E-state index in [4.69, 9.17) is 4.74 Å². The zero-order valence-corrected chi connectivity index (χ0v) is 15.1. The summed E-state index contributed by atoms with van der Waals surface area (Å²) in [6.07, 6.45) is -0.0649. The van der Waals surface area contributed by atoms with Gasteiger partial charge in [-0.05, 0) is 36.5 Å². The van der Waals surface area contributed by atoms with E-state index in [1.165, 1.54) is 7.11 Å². The van der Waals surface area contributed by atoms with E-state index in [1.807, 2.05) is 20.8 Å². The Bertz CT molecular complexity index is 781. The summed E-state index contributed by atoms with van der Waals surface area (Å²) in [7, 11) is -2.25. The molecule has 0 aromatic heterocycles. The van der Waals surface area contributed by atoms with Crippen LogP contribution in [-0.4, -0.2) is 28.3 Å². The first-order valence-electron chi connectivity index (χ1n) is 7.65. The molecule has 0 heterocycles. The molecule has 0 N–H and O–H groups in total. The highest BCUT2D eigenvalue weighted by Gasteiger charge is 2.44. The molecule has 5 nitrogen and oxygen atoms in total. The zero-order chi connectivity index (χ0) is 18.0. The summed E-state index contributed by atoms with van der Waals surface area (Å²) in [5, 5.41) is 1.13. The second-order valence-electron chi connectivity index (χ2n) is 6.49. The number of carbonyl (C=O) groups excluding carboxylic acids is 1. The molecule has 1 atom stereocenters. The highest BCUT2D eigenvalue weighted by Crippen LogP contribution is 2.50. The molecule has 6 heteroatoms. The van der Waals surface area contributed by atoms with Gasteiger partial charge < -0.3 is 9.47 Å². The molecule has 1 aromatic carbocycles. The summed E-state index contributed by atoms with van der Waals surface area (Å²) >= 11 is 0. The number of hydrogen-bond acceptors (Lipinski definition) is 5. The minimum absolute atomic E-state index is 0.120. The normalized spacial score (nSPS) is 19.0. The molecule has 0 saturated heterocycles. The molecule has 1 aromatic rings. The average Bonchev–Trinajstić information content (AvgIpc) is 2.53. The SMILES string of the molecule is COC(=O)OCC1CC(=C=CS(=O)(=O)c2ccc(C)cc2)C1(C)C. The van der Waals surface area contributed by atoms with Gasteiger partial charge in [-0.1, -0.05) is 31.5 Å². The third-order valence-electron chi connectivity index (χ3n) is 4.56. The number of benzene rings is 1. The fourth-order valence-electron chi connectivity index (χ4n) is 2.56. The van der Waals surface area contributed by atoms with Gasteiger partial charge in [0.05, 0.1) is 24.0 Å². The highest BCUT2D eigenvalue weighted by atomic mass is 32.2. The molecule has 0 aliphatic heterocycles. The maximum Gasteiger partial charge on any atom is 0.507 e. The summed E-state index contributed by atoms with van der Waals surface area (Å²) < 4.78 is 34.1. The van der Waals surface area contributed by atoms with Crippen LogP contribution in [0.15, 0.2) is 45.9 Å². The van der Waals surface area contributed by atoms with E-state index in [0.717, 1.165) is 16.5 Å². The standard InChI is InChI=1S/C18H22O5S/c1-13-5-7-16(8-6-13)24(20,21)10-9-14-11-15(18(14,2)3)12-23-17(19)22-4/h5-8,10,15H,11-12H2,1-4H3. The predicted molar refractivity (Wildman–Crippen MR) is 90.2 cm³/mol. The molecule has 130 valence electrons. The summed E-state index contributed by atoms with van der Waals surface area (Å²) in [6, 6.07) is 6.71. The molecule has 24 heavy (non-hydrogen) atoms. The number of sulfone groups is 1. The molecule has 1 aliphatic rings. The van der Waals surface area contributed by atoms with Gasteiger partial charge in [-0.15, -0.1) is 5.73 Å². The van der Waals surface area contributed by atoms with E-state index < -0.39 is 16.0 Å². The Morgan fingerprint density at radius 2 is 1.96 bits per heavy atom. The van der Waals surface area contributed by atoms with Gasteiger partial charge in [0, 0.05) is 5.92 Å². The van der Waals surface area contributed by atoms with Crippen LogP contribution in [-0.2, 0) is 19.3 Å². The fraction of sp³-hybridized carbons (Fsp3) is 0.444. The van der Waals surface area contributed by atoms with E-state index in [0.29, 0.717) is 6.42 Å². The minimum Gasteiger partial charge on any atom is -0.438 e. The number of rotatable bonds is 4. The Morgan fingerprint density at radius 3 is 2.50 bits per heavy atom. The van der Waals surface area contributed by atoms with Gasteiger partial charge in [0.25, 0.3) is 0 Å². The van der Waals surface area contributed by atoms with Crippen molar-refractivity contribution in [2.75, 3.05) is 13.7 Å². The minimum atomic E-state index is -3.51. The Balaban J connectivity index is 2.13. The molecule has 2 rings (SSSR count). The molecular formula is C18H22O5S. The lowest BCUT2D eigenvalue weighted by Crippen LogP contribution is -2.40. The maximum absolute atomic E-state index is 12.3. The van der Waals surface area contributed by atoms with Crippen molar-refractivity contribution < 1.29 is 22.7 Å². The molecule has 0 spiro atoms. The van der Waals surface area contributed by atoms with Gasteiger partial charge >= 0.3 is 6.16 Å². The summed E-state index contributed by atoms with van der Waals surface area (Å²) in [5.41, 5.74) is 4.56. The Labute approximate surface area is 142 Å². The fourth-order valence-corrected chi connectivity index (χ4v) is 3.51. The maximum atomic E-state index is 12.3. The number of allylic oxidation sites excluding steroid dienone is 1. The number of carbonyl (C=O) groups is 1. The smallest absolute Gasteiger partial charge is 0.438 e. The molecule has 0 radical (unpaired) electrons. The largest absolute Gasteiger partial charge is 0.507 e. The van der Waals surface area contributed by atoms with E-state index in [-0.39, 0.29) is 22.8 Å². The summed E-state index contributed by atoms with van der Waals surface area (Å²) in [6.45, 7) is 6.12.